The van der Waals surface area contributed by atoms with Crippen LogP contribution in [0, 0.1) is 0 Å². The molecule has 138 valence electrons. The van der Waals surface area contributed by atoms with E-state index in [0.717, 1.165) is 16.4 Å². The highest BCUT2D eigenvalue weighted by Gasteiger charge is 2.20. The molecule has 2 aromatic heterocycles. The van der Waals surface area contributed by atoms with Crippen LogP contribution in [0.15, 0.2) is 52.3 Å². The summed E-state index contributed by atoms with van der Waals surface area (Å²) in [4.78, 5) is 12.6. The van der Waals surface area contributed by atoms with Crippen molar-refractivity contribution in [1.82, 2.24) is 14.9 Å². The second-order valence-electron chi connectivity index (χ2n) is 5.92. The number of nitrogens with one attached hydrogen (secondary N) is 1. The van der Waals surface area contributed by atoms with Gasteiger partial charge in [-0.05, 0) is 19.1 Å². The van der Waals surface area contributed by atoms with Crippen molar-refractivity contribution in [2.45, 2.75) is 17.3 Å². The summed E-state index contributed by atoms with van der Waals surface area (Å²) in [5.74, 6) is 6.04. The van der Waals surface area contributed by atoms with E-state index in [9.17, 15) is 4.79 Å². The van der Waals surface area contributed by atoms with Gasteiger partial charge >= 0.3 is 0 Å². The maximum atomic E-state index is 12.6. The summed E-state index contributed by atoms with van der Waals surface area (Å²) in [6.45, 7) is 1.76. The molecular weight excluding hydrogens is 366 g/mol. The van der Waals surface area contributed by atoms with E-state index in [1.54, 1.807) is 20.1 Å². The largest absolute Gasteiger partial charge is 0.495 e. The summed E-state index contributed by atoms with van der Waals surface area (Å²) >= 11 is 1.21. The Kier molecular flexibility index (Phi) is 4.36. The normalized spacial score (nSPS) is 12.4. The SMILES string of the molecule is COc1cc2c(cc1NC(=O)[C@H](C)Sc1nncn1N)oc1ccccc12. The topological polar surface area (TPSA) is 108 Å². The van der Waals surface area contributed by atoms with Gasteiger partial charge in [0.15, 0.2) is 0 Å². The number of thioether (sulfide) groups is 1. The van der Waals surface area contributed by atoms with E-state index in [0.29, 0.717) is 22.2 Å². The van der Waals surface area contributed by atoms with Crippen LogP contribution in [0.3, 0.4) is 0 Å². The van der Waals surface area contributed by atoms with Gasteiger partial charge in [0.2, 0.25) is 11.1 Å². The lowest BCUT2D eigenvalue weighted by molar-refractivity contribution is -0.115. The van der Waals surface area contributed by atoms with Gasteiger partial charge in [0.25, 0.3) is 0 Å². The Morgan fingerprint density at radius 3 is 2.85 bits per heavy atom. The van der Waals surface area contributed by atoms with Crippen molar-refractivity contribution in [1.29, 1.82) is 0 Å². The standard InChI is InChI=1S/C18H17N5O3S/c1-10(27-18-22-20-9-23(18)19)17(24)21-13-8-15-12(7-16(13)25-2)11-5-3-4-6-14(11)26-15/h3-10H,19H2,1-2H3,(H,21,24)/t10-/m0/s1. The number of amides is 1. The summed E-state index contributed by atoms with van der Waals surface area (Å²) < 4.78 is 12.6. The van der Waals surface area contributed by atoms with Crippen LogP contribution < -0.4 is 15.9 Å². The van der Waals surface area contributed by atoms with E-state index in [1.807, 2.05) is 30.3 Å². The van der Waals surface area contributed by atoms with Gasteiger partial charge in [-0.2, -0.15) is 0 Å². The van der Waals surface area contributed by atoms with Crippen LogP contribution in [0.5, 0.6) is 5.75 Å². The molecule has 4 aromatic rings. The number of nitrogens with zero attached hydrogens (tertiary/aromatic N) is 3. The van der Waals surface area contributed by atoms with Crippen LogP contribution in [-0.2, 0) is 4.79 Å². The minimum absolute atomic E-state index is 0.211. The zero-order valence-corrected chi connectivity index (χ0v) is 15.5. The monoisotopic (exact) mass is 383 g/mol. The first-order chi connectivity index (χ1) is 13.1. The number of carbonyl (C=O) groups is 1. The quantitative estimate of drug-likeness (QED) is 0.403. The van der Waals surface area contributed by atoms with E-state index in [4.69, 9.17) is 15.0 Å². The molecule has 8 nitrogen and oxygen atoms in total. The molecule has 0 aliphatic heterocycles. The smallest absolute Gasteiger partial charge is 0.237 e. The van der Waals surface area contributed by atoms with Crippen molar-refractivity contribution < 1.29 is 13.9 Å². The van der Waals surface area contributed by atoms with E-state index < -0.39 is 5.25 Å². The number of hydrogen-bond donors (Lipinski definition) is 2. The van der Waals surface area contributed by atoms with E-state index >= 15 is 0 Å². The number of anilines is 1. The zero-order valence-electron chi connectivity index (χ0n) is 14.7. The van der Waals surface area contributed by atoms with Crippen LogP contribution in [0.25, 0.3) is 21.9 Å². The van der Waals surface area contributed by atoms with Gasteiger partial charge in [-0.15, -0.1) is 10.2 Å². The first kappa shape index (κ1) is 17.2. The zero-order chi connectivity index (χ0) is 19.0. The number of hydrogen-bond acceptors (Lipinski definition) is 7. The molecule has 0 spiro atoms. The van der Waals surface area contributed by atoms with Gasteiger partial charge in [-0.25, -0.2) is 4.68 Å². The van der Waals surface area contributed by atoms with Gasteiger partial charge in [0, 0.05) is 16.8 Å². The summed E-state index contributed by atoms with van der Waals surface area (Å²) in [7, 11) is 1.56. The third-order valence-corrected chi connectivity index (χ3v) is 5.22. The molecule has 1 atom stereocenters. The van der Waals surface area contributed by atoms with Crippen molar-refractivity contribution in [2.75, 3.05) is 18.3 Å². The molecule has 0 saturated heterocycles. The van der Waals surface area contributed by atoms with Crippen LogP contribution in [-0.4, -0.2) is 33.1 Å². The van der Waals surface area contributed by atoms with Crippen molar-refractivity contribution in [2.24, 2.45) is 0 Å². The average molecular weight is 383 g/mol. The van der Waals surface area contributed by atoms with E-state index in [2.05, 4.69) is 15.5 Å². The number of nitrogens with two attached hydrogens (primary N) is 1. The van der Waals surface area contributed by atoms with Crippen molar-refractivity contribution in [3.63, 3.8) is 0 Å². The number of fused-ring (bicyclic) bond motifs is 3. The molecule has 9 heteroatoms. The molecule has 2 heterocycles. The molecule has 0 radical (unpaired) electrons. The second-order valence-corrected chi connectivity index (χ2v) is 7.22. The Balaban J connectivity index is 1.63. The fraction of sp³-hybridized carbons (Fsp3) is 0.167. The number of furan rings is 1. The number of ether oxygens (including phenoxy) is 1. The molecule has 3 N–H and O–H groups in total. The molecule has 1 amide bonds. The van der Waals surface area contributed by atoms with Gasteiger partial charge in [-0.1, -0.05) is 30.0 Å². The summed E-state index contributed by atoms with van der Waals surface area (Å²) in [5.41, 5.74) is 1.99. The van der Waals surface area contributed by atoms with E-state index in [1.165, 1.54) is 22.8 Å². The van der Waals surface area contributed by atoms with E-state index in [-0.39, 0.29) is 5.91 Å². The van der Waals surface area contributed by atoms with Gasteiger partial charge in [0.05, 0.1) is 18.0 Å². The fourth-order valence-electron chi connectivity index (χ4n) is 2.78. The van der Waals surface area contributed by atoms with Crippen molar-refractivity contribution >= 4 is 45.3 Å². The summed E-state index contributed by atoms with van der Waals surface area (Å²) in [6.07, 6.45) is 1.38. The number of carbonyl (C=O) groups excluding carboxylic acids is 1. The Morgan fingerprint density at radius 2 is 2.11 bits per heavy atom. The first-order valence-electron chi connectivity index (χ1n) is 8.18. The lowest BCUT2D eigenvalue weighted by Crippen LogP contribution is -2.23. The average Bonchev–Trinajstić information content (AvgIpc) is 3.23. The fourth-order valence-corrected chi connectivity index (χ4v) is 3.53. The minimum atomic E-state index is -0.437. The Bertz CT molecular complexity index is 1140. The Morgan fingerprint density at radius 1 is 1.30 bits per heavy atom. The molecule has 0 aliphatic carbocycles. The molecular formula is C18H17N5O3S. The predicted octanol–water partition coefficient (Wildman–Crippen LogP) is 3.02. The third kappa shape index (κ3) is 3.17. The Labute approximate surface area is 158 Å². The van der Waals surface area contributed by atoms with Crippen LogP contribution in [0.1, 0.15) is 6.92 Å². The molecule has 0 bridgehead atoms. The molecule has 27 heavy (non-hydrogen) atoms. The van der Waals surface area contributed by atoms with Gasteiger partial charge < -0.3 is 20.3 Å². The maximum absolute atomic E-state index is 12.6. The summed E-state index contributed by atoms with van der Waals surface area (Å²) in [5, 5.41) is 12.4. The first-order valence-corrected chi connectivity index (χ1v) is 9.06. The number of methoxy groups -OCH3 is 1. The lowest BCUT2D eigenvalue weighted by atomic mass is 10.1. The molecule has 2 aromatic carbocycles. The maximum Gasteiger partial charge on any atom is 0.237 e. The van der Waals surface area contributed by atoms with Crippen LogP contribution in [0.4, 0.5) is 5.69 Å². The van der Waals surface area contributed by atoms with Crippen molar-refractivity contribution in [3.05, 3.63) is 42.7 Å². The predicted molar refractivity (Wildman–Crippen MR) is 104 cm³/mol. The summed E-state index contributed by atoms with van der Waals surface area (Å²) in [6, 6.07) is 11.4. The highest BCUT2D eigenvalue weighted by atomic mass is 32.2. The third-order valence-electron chi connectivity index (χ3n) is 4.15. The minimum Gasteiger partial charge on any atom is -0.495 e. The number of aromatic nitrogens is 3. The molecule has 4 rings (SSSR count). The molecule has 0 unspecified atom stereocenters. The van der Waals surface area contributed by atoms with Crippen LogP contribution >= 0.6 is 11.8 Å². The molecule has 0 aliphatic rings. The van der Waals surface area contributed by atoms with Gasteiger partial charge in [-0.3, -0.25) is 4.79 Å². The molecule has 0 saturated carbocycles. The highest BCUT2D eigenvalue weighted by Crippen LogP contribution is 2.36. The van der Waals surface area contributed by atoms with Gasteiger partial charge in [0.1, 0.15) is 23.2 Å². The number of benzene rings is 2. The highest BCUT2D eigenvalue weighted by molar-refractivity contribution is 8.00. The number of nitrogen functional groups attached to an aromatic ring is 1. The number of para-hydroxylation sites is 1. The lowest BCUT2D eigenvalue weighted by Gasteiger charge is -2.13. The number of rotatable bonds is 5. The van der Waals surface area contributed by atoms with Crippen LogP contribution in [0.2, 0.25) is 0 Å². The second kappa shape index (κ2) is 6.84. The van der Waals surface area contributed by atoms with Crippen molar-refractivity contribution in [3.8, 4) is 5.75 Å². The molecule has 0 fully saturated rings. The Hall–Kier alpha value is -3.20.